The predicted molar refractivity (Wildman–Crippen MR) is 125 cm³/mol. The summed E-state index contributed by atoms with van der Waals surface area (Å²) in [5.41, 5.74) is 2.16. The van der Waals surface area contributed by atoms with Crippen molar-refractivity contribution in [3.05, 3.63) is 53.3 Å². The van der Waals surface area contributed by atoms with Gasteiger partial charge < -0.3 is 24.5 Å². The number of alkyl carbamates (subject to hydrolysis) is 1. The average Bonchev–Trinajstić information content (AvgIpc) is 3.26. The number of hydrogen-bond acceptors (Lipinski definition) is 5. The number of nitrogens with one attached hydrogen (secondary N) is 2. The minimum atomic E-state index is -0.501. The van der Waals surface area contributed by atoms with Crippen molar-refractivity contribution in [2.24, 2.45) is 7.05 Å². The minimum Gasteiger partial charge on any atom is -0.444 e. The van der Waals surface area contributed by atoms with Crippen molar-refractivity contribution < 1.29 is 9.53 Å². The van der Waals surface area contributed by atoms with Crippen molar-refractivity contribution in [3.8, 4) is 5.69 Å². The minimum absolute atomic E-state index is 0.0457. The molecule has 1 fully saturated rings. The molecule has 3 aromatic rings. The van der Waals surface area contributed by atoms with E-state index in [1.807, 2.05) is 43.7 Å². The molecule has 1 aliphatic rings. The van der Waals surface area contributed by atoms with Gasteiger partial charge in [-0.25, -0.2) is 9.78 Å². The Bertz CT molecular complexity index is 1150. The van der Waals surface area contributed by atoms with E-state index < -0.39 is 5.60 Å². The van der Waals surface area contributed by atoms with Gasteiger partial charge in [0.25, 0.3) is 5.56 Å². The first kappa shape index (κ1) is 21.9. The summed E-state index contributed by atoms with van der Waals surface area (Å²) in [6, 6.07) is 8.05. The van der Waals surface area contributed by atoms with Gasteiger partial charge in [0.2, 0.25) is 0 Å². The van der Waals surface area contributed by atoms with Gasteiger partial charge in [0.15, 0.2) is 0 Å². The van der Waals surface area contributed by atoms with Crippen LogP contribution in [0.25, 0.3) is 16.6 Å². The number of ether oxygens (including phenoxy) is 1. The quantitative estimate of drug-likeness (QED) is 0.645. The molecule has 170 valence electrons. The molecule has 8 nitrogen and oxygen atoms in total. The molecule has 0 saturated heterocycles. The largest absolute Gasteiger partial charge is 0.444 e. The van der Waals surface area contributed by atoms with E-state index in [1.165, 1.54) is 0 Å². The van der Waals surface area contributed by atoms with Gasteiger partial charge in [0, 0.05) is 54.4 Å². The van der Waals surface area contributed by atoms with Gasteiger partial charge in [0.05, 0.1) is 11.8 Å². The zero-order valence-corrected chi connectivity index (χ0v) is 19.1. The van der Waals surface area contributed by atoms with E-state index >= 15 is 0 Å². The summed E-state index contributed by atoms with van der Waals surface area (Å²) in [5.74, 6) is 0. The Labute approximate surface area is 187 Å². The number of benzene rings is 1. The highest BCUT2D eigenvalue weighted by molar-refractivity contribution is 5.93. The summed E-state index contributed by atoms with van der Waals surface area (Å²) in [5, 5.41) is 7.57. The molecule has 2 aromatic heterocycles. The first-order valence-corrected chi connectivity index (χ1v) is 11.1. The fraction of sp³-hybridized carbons (Fsp3) is 0.458. The van der Waals surface area contributed by atoms with Crippen LogP contribution in [0.3, 0.4) is 0 Å². The number of aryl methyl sites for hydroxylation is 1. The van der Waals surface area contributed by atoms with Gasteiger partial charge in [-0.2, -0.15) is 0 Å². The van der Waals surface area contributed by atoms with Crippen LogP contribution in [0.1, 0.15) is 46.5 Å². The molecule has 2 N–H and O–H groups in total. The van der Waals surface area contributed by atoms with Crippen LogP contribution in [-0.2, 0) is 11.8 Å². The summed E-state index contributed by atoms with van der Waals surface area (Å²) < 4.78 is 8.98. The fourth-order valence-corrected chi connectivity index (χ4v) is 4.22. The number of carbonyl (C=O) groups is 1. The molecule has 0 spiro atoms. The van der Waals surface area contributed by atoms with Gasteiger partial charge in [-0.05, 0) is 64.7 Å². The second-order valence-electron chi connectivity index (χ2n) is 9.47. The summed E-state index contributed by atoms with van der Waals surface area (Å²) in [6.07, 6.45) is 8.56. The van der Waals surface area contributed by atoms with E-state index in [4.69, 9.17) is 4.74 Å². The van der Waals surface area contributed by atoms with Crippen LogP contribution in [0.2, 0.25) is 0 Å². The average molecular weight is 438 g/mol. The summed E-state index contributed by atoms with van der Waals surface area (Å²) in [7, 11) is 1.79. The Morgan fingerprint density at radius 3 is 2.50 bits per heavy atom. The summed E-state index contributed by atoms with van der Waals surface area (Å²) in [4.78, 5) is 28.7. The molecule has 1 saturated carbocycles. The number of imidazole rings is 1. The molecule has 8 heteroatoms. The van der Waals surface area contributed by atoms with Gasteiger partial charge in [-0.15, -0.1) is 0 Å². The summed E-state index contributed by atoms with van der Waals surface area (Å²) >= 11 is 0. The van der Waals surface area contributed by atoms with E-state index in [1.54, 1.807) is 30.2 Å². The van der Waals surface area contributed by atoms with Crippen LogP contribution < -0.4 is 16.2 Å². The van der Waals surface area contributed by atoms with Crippen molar-refractivity contribution in [1.29, 1.82) is 0 Å². The van der Waals surface area contributed by atoms with Gasteiger partial charge >= 0.3 is 6.09 Å². The normalized spacial score (nSPS) is 19.0. The SMILES string of the molecule is Cn1c(=O)cc(NC2CCC(NC(=O)OC(C)(C)C)CC2)c2cc(-n3ccnc3)ccc21. The molecule has 2 heterocycles. The van der Waals surface area contributed by atoms with Crippen molar-refractivity contribution in [2.45, 2.75) is 64.1 Å². The molecule has 1 aliphatic carbocycles. The number of pyridine rings is 1. The van der Waals surface area contributed by atoms with Crippen molar-refractivity contribution in [1.82, 2.24) is 19.4 Å². The van der Waals surface area contributed by atoms with Crippen LogP contribution in [0, 0.1) is 0 Å². The molecule has 0 aliphatic heterocycles. The smallest absolute Gasteiger partial charge is 0.407 e. The van der Waals surface area contributed by atoms with Crippen molar-refractivity contribution in [3.63, 3.8) is 0 Å². The first-order valence-electron chi connectivity index (χ1n) is 11.1. The fourth-order valence-electron chi connectivity index (χ4n) is 4.22. The van der Waals surface area contributed by atoms with E-state index in [0.717, 1.165) is 48.0 Å². The monoisotopic (exact) mass is 437 g/mol. The van der Waals surface area contributed by atoms with Gasteiger partial charge in [0.1, 0.15) is 5.60 Å². The Balaban J connectivity index is 1.49. The third-order valence-corrected chi connectivity index (χ3v) is 5.84. The van der Waals surface area contributed by atoms with Crippen LogP contribution in [0.4, 0.5) is 10.5 Å². The number of amides is 1. The molecule has 0 radical (unpaired) electrons. The number of rotatable bonds is 4. The lowest BCUT2D eigenvalue weighted by atomic mass is 9.91. The van der Waals surface area contributed by atoms with E-state index in [0.29, 0.717) is 0 Å². The first-order chi connectivity index (χ1) is 15.2. The van der Waals surface area contributed by atoms with E-state index in [-0.39, 0.29) is 23.7 Å². The predicted octanol–water partition coefficient (Wildman–Crippen LogP) is 3.97. The maximum atomic E-state index is 12.5. The standard InChI is InChI=1S/C24H31N5O3/c1-24(2,3)32-23(31)27-17-7-5-16(6-8-17)26-20-14-22(30)28(4)21-10-9-18(13-19(20)21)29-12-11-25-15-29/h9-17,26H,5-8H2,1-4H3,(H,27,31). The zero-order chi connectivity index (χ0) is 22.9. The van der Waals surface area contributed by atoms with E-state index in [9.17, 15) is 9.59 Å². The highest BCUT2D eigenvalue weighted by Gasteiger charge is 2.25. The van der Waals surface area contributed by atoms with Crippen molar-refractivity contribution >= 4 is 22.7 Å². The number of fused-ring (bicyclic) bond motifs is 1. The van der Waals surface area contributed by atoms with Gasteiger partial charge in [-0.3, -0.25) is 4.79 Å². The van der Waals surface area contributed by atoms with Crippen LogP contribution in [-0.4, -0.2) is 37.9 Å². The molecule has 32 heavy (non-hydrogen) atoms. The molecular formula is C24H31N5O3. The third-order valence-electron chi connectivity index (χ3n) is 5.84. The second-order valence-corrected chi connectivity index (χ2v) is 9.47. The maximum Gasteiger partial charge on any atom is 0.407 e. The Kier molecular flexibility index (Phi) is 5.95. The van der Waals surface area contributed by atoms with E-state index in [2.05, 4.69) is 21.7 Å². The molecule has 0 unspecified atom stereocenters. The van der Waals surface area contributed by atoms with Gasteiger partial charge in [-0.1, -0.05) is 0 Å². The summed E-state index contributed by atoms with van der Waals surface area (Å²) in [6.45, 7) is 5.58. The lowest BCUT2D eigenvalue weighted by Gasteiger charge is -2.31. The lowest BCUT2D eigenvalue weighted by Crippen LogP contribution is -2.42. The second kappa shape index (κ2) is 8.68. The molecule has 1 amide bonds. The van der Waals surface area contributed by atoms with Crippen LogP contribution in [0.5, 0.6) is 0 Å². The maximum absolute atomic E-state index is 12.5. The Morgan fingerprint density at radius 2 is 1.84 bits per heavy atom. The Morgan fingerprint density at radius 1 is 1.12 bits per heavy atom. The topological polar surface area (TPSA) is 90.2 Å². The Hall–Kier alpha value is -3.29. The van der Waals surface area contributed by atoms with Crippen LogP contribution in [0.15, 0.2) is 47.8 Å². The van der Waals surface area contributed by atoms with Crippen molar-refractivity contribution in [2.75, 3.05) is 5.32 Å². The number of anilines is 1. The molecule has 0 bridgehead atoms. The molecule has 4 rings (SSSR count). The molecule has 1 aromatic carbocycles. The molecular weight excluding hydrogens is 406 g/mol. The van der Waals surface area contributed by atoms with Crippen LogP contribution >= 0.6 is 0 Å². The zero-order valence-electron chi connectivity index (χ0n) is 19.1. The number of hydrogen-bond donors (Lipinski definition) is 2. The number of aromatic nitrogens is 3. The third kappa shape index (κ3) is 4.95. The highest BCUT2D eigenvalue weighted by atomic mass is 16.6. The highest BCUT2D eigenvalue weighted by Crippen LogP contribution is 2.28. The molecule has 0 atom stereocenters. The number of nitrogens with zero attached hydrogens (tertiary/aromatic N) is 3. The number of carbonyl (C=O) groups excluding carboxylic acids is 1. The lowest BCUT2D eigenvalue weighted by molar-refractivity contribution is 0.0492.